The van der Waals surface area contributed by atoms with Crippen molar-refractivity contribution in [1.29, 1.82) is 0 Å². The number of benzene rings is 1. The van der Waals surface area contributed by atoms with Crippen LogP contribution in [0, 0.1) is 0 Å². The molecule has 0 aromatic heterocycles. The van der Waals surface area contributed by atoms with Crippen LogP contribution in [0.25, 0.3) is 0 Å². The molecule has 0 atom stereocenters. The van der Waals surface area contributed by atoms with E-state index >= 15 is 0 Å². The van der Waals surface area contributed by atoms with E-state index in [0.717, 1.165) is 18.5 Å². The van der Waals surface area contributed by atoms with Gasteiger partial charge in [-0.15, -0.1) is 0 Å². The maximum atomic E-state index is 10.8. The van der Waals surface area contributed by atoms with Crippen LogP contribution in [0.1, 0.15) is 45.4 Å². The minimum atomic E-state index is -0.851. The van der Waals surface area contributed by atoms with Gasteiger partial charge < -0.3 is 24.6 Å². The number of esters is 1. The molecule has 28 heavy (non-hydrogen) atoms. The van der Waals surface area contributed by atoms with E-state index in [1.807, 2.05) is 29.2 Å². The number of carboxylic acid groups (broad SMARTS) is 2. The number of carboxylic acids is 2. The molecule has 2 N–H and O–H groups in total. The van der Waals surface area contributed by atoms with Crippen molar-refractivity contribution < 1.29 is 34.1 Å². The summed E-state index contributed by atoms with van der Waals surface area (Å²) in [5.74, 6) is -1.31. The molecule has 0 saturated carbocycles. The van der Waals surface area contributed by atoms with Crippen LogP contribution in [0.15, 0.2) is 24.3 Å². The molecular formula is C20H29NO7. The van der Waals surface area contributed by atoms with Gasteiger partial charge >= 0.3 is 17.9 Å². The number of aliphatic carboxylic acids is 2. The first kappa shape index (κ1) is 23.3. The number of unbranched alkanes of at least 4 members (excludes halogenated alkanes) is 1. The molecule has 0 heterocycles. The van der Waals surface area contributed by atoms with Crippen molar-refractivity contribution >= 4 is 23.6 Å². The first-order chi connectivity index (χ1) is 13.4. The third-order valence-corrected chi connectivity index (χ3v) is 3.93. The Morgan fingerprint density at radius 1 is 0.929 bits per heavy atom. The van der Waals surface area contributed by atoms with Gasteiger partial charge in [0.1, 0.15) is 5.75 Å². The van der Waals surface area contributed by atoms with Crippen LogP contribution in [0.3, 0.4) is 0 Å². The van der Waals surface area contributed by atoms with E-state index in [1.165, 1.54) is 6.92 Å². The Bertz CT molecular complexity index is 613. The van der Waals surface area contributed by atoms with Crippen LogP contribution < -0.4 is 9.64 Å². The first-order valence-electron chi connectivity index (χ1n) is 9.43. The number of nitrogens with zero attached hydrogens (tertiary/aromatic N) is 1. The lowest BCUT2D eigenvalue weighted by molar-refractivity contribution is -0.141. The Labute approximate surface area is 165 Å². The topological polar surface area (TPSA) is 113 Å². The van der Waals surface area contributed by atoms with E-state index in [2.05, 4.69) is 0 Å². The van der Waals surface area contributed by atoms with Gasteiger partial charge in [-0.05, 0) is 37.8 Å². The molecule has 0 spiro atoms. The molecular weight excluding hydrogens is 366 g/mol. The quantitative estimate of drug-likeness (QED) is 0.344. The summed E-state index contributed by atoms with van der Waals surface area (Å²) in [6.45, 7) is 3.29. The second-order valence-corrected chi connectivity index (χ2v) is 6.37. The molecule has 0 fully saturated rings. The minimum Gasteiger partial charge on any atom is -0.494 e. The van der Waals surface area contributed by atoms with Crippen molar-refractivity contribution in [2.45, 2.75) is 45.4 Å². The fraction of sp³-hybridized carbons (Fsp3) is 0.550. The van der Waals surface area contributed by atoms with Gasteiger partial charge in [-0.1, -0.05) is 6.07 Å². The highest BCUT2D eigenvalue weighted by molar-refractivity contribution is 5.67. The summed E-state index contributed by atoms with van der Waals surface area (Å²) in [5, 5.41) is 17.7. The third kappa shape index (κ3) is 11.1. The fourth-order valence-electron chi connectivity index (χ4n) is 2.59. The van der Waals surface area contributed by atoms with Gasteiger partial charge in [0.2, 0.25) is 0 Å². The Hall–Kier alpha value is -2.77. The van der Waals surface area contributed by atoms with Crippen LogP contribution in [0.5, 0.6) is 5.75 Å². The van der Waals surface area contributed by atoms with Crippen LogP contribution in [0.2, 0.25) is 0 Å². The summed E-state index contributed by atoms with van der Waals surface area (Å²) in [4.78, 5) is 34.2. The lowest BCUT2D eigenvalue weighted by atomic mass is 10.2. The van der Waals surface area contributed by atoms with E-state index in [1.54, 1.807) is 0 Å². The molecule has 0 bridgehead atoms. The van der Waals surface area contributed by atoms with E-state index < -0.39 is 11.9 Å². The molecule has 8 heteroatoms. The predicted octanol–water partition coefficient (Wildman–Crippen LogP) is 2.94. The second-order valence-electron chi connectivity index (χ2n) is 6.37. The molecule has 0 aliphatic rings. The number of hydrogen-bond donors (Lipinski definition) is 2. The van der Waals surface area contributed by atoms with Crippen LogP contribution >= 0.6 is 0 Å². The van der Waals surface area contributed by atoms with Gasteiger partial charge in [0.05, 0.1) is 13.2 Å². The molecule has 0 aliphatic heterocycles. The number of carbonyl (C=O) groups excluding carboxylic acids is 1. The number of ether oxygens (including phenoxy) is 2. The molecule has 0 unspecified atom stereocenters. The van der Waals surface area contributed by atoms with Crippen molar-refractivity contribution in [1.82, 2.24) is 0 Å². The Kier molecular flexibility index (Phi) is 11.1. The minimum absolute atomic E-state index is 0.0634. The van der Waals surface area contributed by atoms with Crippen LogP contribution in [-0.2, 0) is 19.1 Å². The van der Waals surface area contributed by atoms with Gasteiger partial charge in [-0.2, -0.15) is 0 Å². The molecule has 1 aromatic carbocycles. The smallest absolute Gasteiger partial charge is 0.303 e. The zero-order chi connectivity index (χ0) is 20.8. The molecule has 156 valence electrons. The number of rotatable bonds is 15. The maximum absolute atomic E-state index is 10.8. The van der Waals surface area contributed by atoms with E-state index in [4.69, 9.17) is 19.7 Å². The summed E-state index contributed by atoms with van der Waals surface area (Å²) in [6, 6.07) is 7.45. The zero-order valence-corrected chi connectivity index (χ0v) is 16.3. The predicted molar refractivity (Wildman–Crippen MR) is 104 cm³/mol. The number of carbonyl (C=O) groups is 3. The molecule has 8 nitrogen and oxygen atoms in total. The summed E-state index contributed by atoms with van der Waals surface area (Å²) >= 11 is 0. The largest absolute Gasteiger partial charge is 0.494 e. The van der Waals surface area contributed by atoms with Gasteiger partial charge in [0.25, 0.3) is 0 Å². The van der Waals surface area contributed by atoms with E-state index in [0.29, 0.717) is 44.9 Å². The summed E-state index contributed by atoms with van der Waals surface area (Å²) in [5.41, 5.74) is 0.869. The highest BCUT2D eigenvalue weighted by atomic mass is 16.5. The van der Waals surface area contributed by atoms with Crippen molar-refractivity contribution in [3.63, 3.8) is 0 Å². The molecule has 0 radical (unpaired) electrons. The molecule has 0 amide bonds. The molecule has 1 aromatic rings. The highest BCUT2D eigenvalue weighted by Gasteiger charge is 2.10. The number of hydrogen-bond acceptors (Lipinski definition) is 6. The zero-order valence-electron chi connectivity index (χ0n) is 16.3. The monoisotopic (exact) mass is 395 g/mol. The third-order valence-electron chi connectivity index (χ3n) is 3.93. The lowest BCUT2D eigenvalue weighted by Gasteiger charge is -2.25. The Morgan fingerprint density at radius 3 is 2.11 bits per heavy atom. The van der Waals surface area contributed by atoms with E-state index in [9.17, 15) is 14.4 Å². The molecule has 1 rings (SSSR count). The van der Waals surface area contributed by atoms with Gasteiger partial charge in [-0.3, -0.25) is 14.4 Å². The van der Waals surface area contributed by atoms with Crippen molar-refractivity contribution in [3.8, 4) is 5.75 Å². The van der Waals surface area contributed by atoms with Crippen molar-refractivity contribution in [2.75, 3.05) is 31.2 Å². The average molecular weight is 395 g/mol. The lowest BCUT2D eigenvalue weighted by Crippen LogP contribution is -2.26. The molecule has 0 aliphatic carbocycles. The van der Waals surface area contributed by atoms with Crippen LogP contribution in [0.4, 0.5) is 5.69 Å². The summed E-state index contributed by atoms with van der Waals surface area (Å²) < 4.78 is 10.6. The average Bonchev–Trinajstić information content (AvgIpc) is 2.63. The second kappa shape index (κ2) is 13.4. The van der Waals surface area contributed by atoms with Crippen molar-refractivity contribution in [2.24, 2.45) is 0 Å². The van der Waals surface area contributed by atoms with Crippen LogP contribution in [-0.4, -0.2) is 54.4 Å². The molecule has 0 saturated heterocycles. The maximum Gasteiger partial charge on any atom is 0.303 e. The Morgan fingerprint density at radius 2 is 1.54 bits per heavy atom. The standard InChI is InChI=1S/C20H29NO7/c1-16(22)27-13-2-3-14-28-18-8-4-7-17(15-18)21(11-5-9-19(23)24)12-6-10-20(25)26/h4,7-8,15H,2-3,5-6,9-14H2,1H3,(H,23,24)(H,25,26). The summed E-state index contributed by atoms with van der Waals surface area (Å²) in [6.07, 6.45) is 2.55. The highest BCUT2D eigenvalue weighted by Crippen LogP contribution is 2.22. The normalized spacial score (nSPS) is 10.3. The summed E-state index contributed by atoms with van der Waals surface area (Å²) in [7, 11) is 0. The van der Waals surface area contributed by atoms with Gasteiger partial charge in [0, 0.05) is 44.6 Å². The first-order valence-corrected chi connectivity index (χ1v) is 9.43. The van der Waals surface area contributed by atoms with Gasteiger partial charge in [-0.25, -0.2) is 0 Å². The number of anilines is 1. The Balaban J connectivity index is 2.57. The van der Waals surface area contributed by atoms with E-state index in [-0.39, 0.29) is 18.8 Å². The fourth-order valence-corrected chi connectivity index (χ4v) is 2.59. The van der Waals surface area contributed by atoms with Crippen molar-refractivity contribution in [3.05, 3.63) is 24.3 Å². The SMILES string of the molecule is CC(=O)OCCCCOc1cccc(N(CCCC(=O)O)CCCC(=O)O)c1. The van der Waals surface area contributed by atoms with Gasteiger partial charge in [0.15, 0.2) is 0 Å².